The van der Waals surface area contributed by atoms with Gasteiger partial charge in [0.05, 0.1) is 6.10 Å². The number of aliphatic hydroxyl groups is 1. The Morgan fingerprint density at radius 3 is 2.89 bits per heavy atom. The van der Waals surface area contributed by atoms with Crippen molar-refractivity contribution in [2.24, 2.45) is 7.05 Å². The maximum Gasteiger partial charge on any atom is 0.170 e. The Morgan fingerprint density at radius 2 is 2.28 bits per heavy atom. The van der Waals surface area contributed by atoms with E-state index in [0.717, 1.165) is 0 Å². The van der Waals surface area contributed by atoms with E-state index in [-0.39, 0.29) is 6.61 Å². The van der Waals surface area contributed by atoms with Crippen LogP contribution >= 0.6 is 0 Å². The molecule has 96 valence electrons. The Morgan fingerprint density at radius 1 is 1.50 bits per heavy atom. The Hall–Kier alpha value is -1.95. The van der Waals surface area contributed by atoms with Crippen LogP contribution in [-0.4, -0.2) is 19.9 Å². The van der Waals surface area contributed by atoms with E-state index >= 15 is 0 Å². The van der Waals surface area contributed by atoms with E-state index in [1.807, 2.05) is 0 Å². The number of ether oxygens (including phenoxy) is 1. The summed E-state index contributed by atoms with van der Waals surface area (Å²) in [5.74, 6) is 0.524. The molecular weight excluding hydrogens is 237 g/mol. The Labute approximate surface area is 104 Å². The average Bonchev–Trinajstić information content (AvgIpc) is 2.72. The second-order valence-electron chi connectivity index (χ2n) is 4.00. The van der Waals surface area contributed by atoms with Crippen molar-refractivity contribution in [3.8, 4) is 5.75 Å². The maximum atomic E-state index is 13.2. The van der Waals surface area contributed by atoms with Gasteiger partial charge in [-0.1, -0.05) is 0 Å². The van der Waals surface area contributed by atoms with Crippen LogP contribution in [0.4, 0.5) is 4.39 Å². The Kier molecular flexibility index (Phi) is 3.57. The summed E-state index contributed by atoms with van der Waals surface area (Å²) in [5.41, 5.74) is 0.540. The molecule has 1 unspecified atom stereocenters. The van der Waals surface area contributed by atoms with Gasteiger partial charge in [0.25, 0.3) is 0 Å². The lowest BCUT2D eigenvalue weighted by atomic mass is 10.1. The molecule has 0 spiro atoms. The zero-order chi connectivity index (χ0) is 13.1. The van der Waals surface area contributed by atoms with Gasteiger partial charge in [0, 0.05) is 18.7 Å². The third-order valence-corrected chi connectivity index (χ3v) is 2.59. The van der Waals surface area contributed by atoms with Crippen LogP contribution in [0.25, 0.3) is 0 Å². The first kappa shape index (κ1) is 12.5. The van der Waals surface area contributed by atoms with E-state index in [1.54, 1.807) is 24.9 Å². The average molecular weight is 251 g/mol. The van der Waals surface area contributed by atoms with Gasteiger partial charge in [-0.2, -0.15) is 0 Å². The molecule has 5 nitrogen and oxygen atoms in total. The molecule has 2 rings (SSSR count). The van der Waals surface area contributed by atoms with Crippen molar-refractivity contribution in [1.29, 1.82) is 0 Å². The van der Waals surface area contributed by atoms with Crippen LogP contribution in [0.15, 0.2) is 24.5 Å². The van der Waals surface area contributed by atoms with Crippen LogP contribution in [-0.2, 0) is 13.7 Å². The summed E-state index contributed by atoms with van der Waals surface area (Å²) >= 11 is 0. The number of aromatic nitrogens is 3. The molecule has 0 saturated heterocycles. The fraction of sp³-hybridized carbons (Fsp3) is 0.333. The second kappa shape index (κ2) is 5.14. The smallest absolute Gasteiger partial charge is 0.170 e. The van der Waals surface area contributed by atoms with Gasteiger partial charge in [-0.3, -0.25) is 0 Å². The normalized spacial score (nSPS) is 12.4. The van der Waals surface area contributed by atoms with E-state index in [1.165, 1.54) is 18.2 Å². The molecule has 0 fully saturated rings. The summed E-state index contributed by atoms with van der Waals surface area (Å²) < 4.78 is 20.4. The highest BCUT2D eigenvalue weighted by Crippen LogP contribution is 2.26. The molecule has 1 aromatic heterocycles. The summed E-state index contributed by atoms with van der Waals surface area (Å²) in [6, 6.07) is 4.04. The van der Waals surface area contributed by atoms with E-state index in [9.17, 15) is 9.50 Å². The summed E-state index contributed by atoms with van der Waals surface area (Å²) in [4.78, 5) is 0. The molecule has 0 amide bonds. The van der Waals surface area contributed by atoms with Gasteiger partial charge < -0.3 is 14.4 Å². The molecule has 1 heterocycles. The third-order valence-electron chi connectivity index (χ3n) is 2.59. The molecular formula is C12H14FN3O2. The SMILES string of the molecule is CC(O)c1ccc(F)cc1OCc1nncn1C. The molecule has 0 aliphatic carbocycles. The summed E-state index contributed by atoms with van der Waals surface area (Å²) in [7, 11) is 1.79. The number of hydrogen-bond donors (Lipinski definition) is 1. The van der Waals surface area contributed by atoms with E-state index in [0.29, 0.717) is 17.1 Å². The first-order chi connectivity index (χ1) is 8.58. The van der Waals surface area contributed by atoms with Gasteiger partial charge in [0.1, 0.15) is 24.5 Å². The second-order valence-corrected chi connectivity index (χ2v) is 4.00. The predicted octanol–water partition coefficient (Wildman–Crippen LogP) is 1.59. The fourth-order valence-corrected chi connectivity index (χ4v) is 1.56. The number of hydrogen-bond acceptors (Lipinski definition) is 4. The molecule has 18 heavy (non-hydrogen) atoms. The van der Waals surface area contributed by atoms with Crippen molar-refractivity contribution in [3.05, 3.63) is 41.7 Å². The minimum atomic E-state index is -0.722. The Bertz CT molecular complexity index is 540. The topological polar surface area (TPSA) is 60.2 Å². The highest BCUT2D eigenvalue weighted by Gasteiger charge is 2.11. The standard InChI is InChI=1S/C12H14FN3O2/c1-8(17)10-4-3-9(13)5-11(10)18-6-12-15-14-7-16(12)2/h3-5,7-8,17H,6H2,1-2H3. The number of rotatable bonds is 4. The molecule has 0 bridgehead atoms. The van der Waals surface area contributed by atoms with Gasteiger partial charge in [0.2, 0.25) is 0 Å². The van der Waals surface area contributed by atoms with Crippen molar-refractivity contribution in [2.45, 2.75) is 19.6 Å². The molecule has 2 aromatic rings. The largest absolute Gasteiger partial charge is 0.485 e. The molecule has 0 aliphatic heterocycles. The third kappa shape index (κ3) is 2.65. The van der Waals surface area contributed by atoms with Gasteiger partial charge in [-0.15, -0.1) is 10.2 Å². The van der Waals surface area contributed by atoms with Gasteiger partial charge in [0.15, 0.2) is 5.82 Å². The zero-order valence-corrected chi connectivity index (χ0v) is 10.2. The van der Waals surface area contributed by atoms with Crippen LogP contribution < -0.4 is 4.74 Å². The molecule has 1 atom stereocenters. The molecule has 1 N–H and O–H groups in total. The number of nitrogens with zero attached hydrogens (tertiary/aromatic N) is 3. The van der Waals surface area contributed by atoms with Crippen LogP contribution in [0.5, 0.6) is 5.75 Å². The first-order valence-electron chi connectivity index (χ1n) is 5.51. The summed E-state index contributed by atoms with van der Waals surface area (Å²) in [6.07, 6.45) is 0.833. The number of benzene rings is 1. The lowest BCUT2D eigenvalue weighted by molar-refractivity contribution is 0.189. The molecule has 0 radical (unpaired) electrons. The van der Waals surface area contributed by atoms with E-state index < -0.39 is 11.9 Å². The van der Waals surface area contributed by atoms with Gasteiger partial charge in [-0.05, 0) is 19.1 Å². The van der Waals surface area contributed by atoms with Crippen LogP contribution in [0.1, 0.15) is 24.4 Å². The minimum absolute atomic E-state index is 0.166. The monoisotopic (exact) mass is 251 g/mol. The van der Waals surface area contributed by atoms with Crippen molar-refractivity contribution < 1.29 is 14.2 Å². The fourth-order valence-electron chi connectivity index (χ4n) is 1.56. The lowest BCUT2D eigenvalue weighted by Gasteiger charge is -2.13. The van der Waals surface area contributed by atoms with Crippen molar-refractivity contribution in [1.82, 2.24) is 14.8 Å². The number of aliphatic hydroxyl groups excluding tert-OH is 1. The molecule has 0 aliphatic rings. The summed E-state index contributed by atoms with van der Waals surface area (Å²) in [6.45, 7) is 1.77. The highest BCUT2D eigenvalue weighted by molar-refractivity contribution is 5.35. The van der Waals surface area contributed by atoms with Crippen molar-refractivity contribution in [3.63, 3.8) is 0 Å². The zero-order valence-electron chi connectivity index (χ0n) is 10.2. The van der Waals surface area contributed by atoms with Gasteiger partial charge >= 0.3 is 0 Å². The van der Waals surface area contributed by atoms with Crippen LogP contribution in [0.2, 0.25) is 0 Å². The van der Waals surface area contributed by atoms with E-state index in [4.69, 9.17) is 4.74 Å². The Balaban J connectivity index is 2.18. The van der Waals surface area contributed by atoms with Crippen molar-refractivity contribution >= 4 is 0 Å². The maximum absolute atomic E-state index is 13.2. The molecule has 6 heteroatoms. The molecule has 0 saturated carbocycles. The number of halogens is 1. The molecule has 1 aromatic carbocycles. The van der Waals surface area contributed by atoms with Crippen LogP contribution in [0.3, 0.4) is 0 Å². The summed E-state index contributed by atoms with van der Waals surface area (Å²) in [5, 5.41) is 17.1. The first-order valence-corrected chi connectivity index (χ1v) is 5.51. The van der Waals surface area contributed by atoms with E-state index in [2.05, 4.69) is 10.2 Å². The highest BCUT2D eigenvalue weighted by atomic mass is 19.1. The number of aryl methyl sites for hydroxylation is 1. The predicted molar refractivity (Wildman–Crippen MR) is 62.4 cm³/mol. The lowest BCUT2D eigenvalue weighted by Crippen LogP contribution is -2.05. The van der Waals surface area contributed by atoms with Gasteiger partial charge in [-0.25, -0.2) is 4.39 Å². The van der Waals surface area contributed by atoms with Crippen molar-refractivity contribution in [2.75, 3.05) is 0 Å². The quantitative estimate of drug-likeness (QED) is 0.896. The minimum Gasteiger partial charge on any atom is -0.485 e. The van der Waals surface area contributed by atoms with Crippen LogP contribution in [0, 0.1) is 5.82 Å².